The highest BCUT2D eigenvalue weighted by Crippen LogP contribution is 2.25. The second-order valence-corrected chi connectivity index (χ2v) is 5.44. The van der Waals surface area contributed by atoms with Crippen molar-refractivity contribution in [2.45, 2.75) is 32.7 Å². The summed E-state index contributed by atoms with van der Waals surface area (Å²) in [6.07, 6.45) is 0.661. The van der Waals surface area contributed by atoms with E-state index in [0.717, 1.165) is 0 Å². The SMILES string of the molecule is CC[C@H](C)[C@H](NC(=O)Cc1cccc(Cl)c1Cl)C(=O)O. The van der Waals surface area contributed by atoms with E-state index in [-0.39, 0.29) is 18.2 Å². The second kappa shape index (κ2) is 7.50. The van der Waals surface area contributed by atoms with Gasteiger partial charge in [0.15, 0.2) is 0 Å². The van der Waals surface area contributed by atoms with Crippen LogP contribution in [0.4, 0.5) is 0 Å². The van der Waals surface area contributed by atoms with Crippen LogP contribution in [0.2, 0.25) is 10.0 Å². The Balaban J connectivity index is 2.76. The molecule has 4 nitrogen and oxygen atoms in total. The summed E-state index contributed by atoms with van der Waals surface area (Å²) in [5.74, 6) is -1.57. The maximum Gasteiger partial charge on any atom is 0.326 e. The van der Waals surface area contributed by atoms with Crippen molar-refractivity contribution in [3.8, 4) is 0 Å². The van der Waals surface area contributed by atoms with Gasteiger partial charge in [-0.2, -0.15) is 0 Å². The number of halogens is 2. The zero-order chi connectivity index (χ0) is 15.3. The van der Waals surface area contributed by atoms with Crippen LogP contribution >= 0.6 is 23.2 Å². The fraction of sp³-hybridized carbons (Fsp3) is 0.429. The summed E-state index contributed by atoms with van der Waals surface area (Å²) in [6.45, 7) is 3.66. The van der Waals surface area contributed by atoms with E-state index in [0.29, 0.717) is 22.0 Å². The molecule has 1 rings (SSSR count). The number of carbonyl (C=O) groups excluding carboxylic acids is 1. The average molecular weight is 318 g/mol. The molecule has 0 spiro atoms. The molecule has 2 N–H and O–H groups in total. The number of rotatable bonds is 6. The highest BCUT2D eigenvalue weighted by Gasteiger charge is 2.25. The molecule has 1 aromatic carbocycles. The van der Waals surface area contributed by atoms with Crippen LogP contribution in [0.1, 0.15) is 25.8 Å². The number of carboxylic acids is 1. The summed E-state index contributed by atoms with van der Waals surface area (Å²) >= 11 is 11.9. The Morgan fingerprint density at radius 2 is 2.00 bits per heavy atom. The standard InChI is InChI=1S/C14H17Cl2NO3/c1-3-8(2)13(14(19)20)17-11(18)7-9-5-4-6-10(15)12(9)16/h4-6,8,13H,3,7H2,1-2H3,(H,17,18)(H,19,20)/t8-,13-/m0/s1. The minimum absolute atomic E-state index is 0.000389. The van der Waals surface area contributed by atoms with E-state index in [2.05, 4.69) is 5.32 Å². The molecular weight excluding hydrogens is 301 g/mol. The largest absolute Gasteiger partial charge is 0.480 e. The first kappa shape index (κ1) is 16.8. The molecule has 1 amide bonds. The molecule has 0 fully saturated rings. The lowest BCUT2D eigenvalue weighted by atomic mass is 9.99. The number of carbonyl (C=O) groups is 2. The smallest absolute Gasteiger partial charge is 0.326 e. The molecule has 0 saturated carbocycles. The van der Waals surface area contributed by atoms with Crippen molar-refractivity contribution < 1.29 is 14.7 Å². The summed E-state index contributed by atoms with van der Waals surface area (Å²) in [5, 5.41) is 12.3. The predicted molar refractivity (Wildman–Crippen MR) is 79.2 cm³/mol. The van der Waals surface area contributed by atoms with E-state index >= 15 is 0 Å². The van der Waals surface area contributed by atoms with E-state index in [9.17, 15) is 9.59 Å². The van der Waals surface area contributed by atoms with E-state index in [1.807, 2.05) is 6.92 Å². The van der Waals surface area contributed by atoms with Crippen molar-refractivity contribution in [1.82, 2.24) is 5.32 Å². The lowest BCUT2D eigenvalue weighted by molar-refractivity contribution is -0.143. The van der Waals surface area contributed by atoms with Crippen molar-refractivity contribution in [2.75, 3.05) is 0 Å². The summed E-state index contributed by atoms with van der Waals surface area (Å²) in [6, 6.07) is 4.11. The van der Waals surface area contributed by atoms with Crippen LogP contribution in [0.5, 0.6) is 0 Å². The Morgan fingerprint density at radius 1 is 1.35 bits per heavy atom. The number of hydrogen-bond acceptors (Lipinski definition) is 2. The van der Waals surface area contributed by atoms with E-state index in [1.54, 1.807) is 25.1 Å². The molecule has 0 aliphatic carbocycles. The number of nitrogens with one attached hydrogen (secondary N) is 1. The fourth-order valence-corrected chi connectivity index (χ4v) is 2.15. The van der Waals surface area contributed by atoms with Crippen molar-refractivity contribution in [2.24, 2.45) is 5.92 Å². The van der Waals surface area contributed by atoms with Crippen molar-refractivity contribution in [3.05, 3.63) is 33.8 Å². The first-order chi connectivity index (χ1) is 9.36. The number of benzene rings is 1. The number of hydrogen-bond donors (Lipinski definition) is 2. The zero-order valence-electron chi connectivity index (χ0n) is 11.3. The maximum atomic E-state index is 11.9. The van der Waals surface area contributed by atoms with Crippen LogP contribution < -0.4 is 5.32 Å². The minimum atomic E-state index is -1.04. The van der Waals surface area contributed by atoms with Gasteiger partial charge in [0.25, 0.3) is 0 Å². The van der Waals surface area contributed by atoms with E-state index in [4.69, 9.17) is 28.3 Å². The van der Waals surface area contributed by atoms with Gasteiger partial charge in [-0.3, -0.25) is 4.79 Å². The molecule has 0 unspecified atom stereocenters. The third kappa shape index (κ3) is 4.39. The lowest BCUT2D eigenvalue weighted by Gasteiger charge is -2.20. The van der Waals surface area contributed by atoms with Crippen LogP contribution in [0.15, 0.2) is 18.2 Å². The first-order valence-electron chi connectivity index (χ1n) is 6.31. The Hall–Kier alpha value is -1.26. The van der Waals surface area contributed by atoms with Crippen molar-refractivity contribution in [1.29, 1.82) is 0 Å². The Labute approximate surface area is 128 Å². The van der Waals surface area contributed by atoms with Gasteiger partial charge < -0.3 is 10.4 Å². The third-order valence-corrected chi connectivity index (χ3v) is 4.04. The molecule has 0 heterocycles. The monoisotopic (exact) mass is 317 g/mol. The molecule has 0 aliphatic rings. The molecule has 1 aromatic rings. The Morgan fingerprint density at radius 3 is 2.55 bits per heavy atom. The highest BCUT2D eigenvalue weighted by molar-refractivity contribution is 6.42. The van der Waals surface area contributed by atoms with Crippen LogP contribution in [0.3, 0.4) is 0 Å². The number of amides is 1. The van der Waals surface area contributed by atoms with Gasteiger partial charge in [-0.1, -0.05) is 55.6 Å². The van der Waals surface area contributed by atoms with E-state index in [1.165, 1.54) is 0 Å². The summed E-state index contributed by atoms with van der Waals surface area (Å²) in [7, 11) is 0. The van der Waals surface area contributed by atoms with Crippen LogP contribution in [0.25, 0.3) is 0 Å². The fourth-order valence-electron chi connectivity index (χ4n) is 1.77. The van der Waals surface area contributed by atoms with Gasteiger partial charge in [0, 0.05) is 0 Å². The Kier molecular flexibility index (Phi) is 6.30. The number of aliphatic carboxylic acids is 1. The van der Waals surface area contributed by atoms with Gasteiger partial charge >= 0.3 is 5.97 Å². The summed E-state index contributed by atoms with van der Waals surface area (Å²) in [4.78, 5) is 23.1. The maximum absolute atomic E-state index is 11.9. The second-order valence-electron chi connectivity index (χ2n) is 4.66. The normalized spacial score (nSPS) is 13.6. The molecule has 20 heavy (non-hydrogen) atoms. The summed E-state index contributed by atoms with van der Waals surface area (Å²) in [5.41, 5.74) is 0.574. The van der Waals surface area contributed by atoms with Gasteiger partial charge in [-0.15, -0.1) is 0 Å². The van der Waals surface area contributed by atoms with Gasteiger partial charge in [0.1, 0.15) is 6.04 Å². The predicted octanol–water partition coefficient (Wildman–Crippen LogP) is 3.15. The lowest BCUT2D eigenvalue weighted by Crippen LogP contribution is -2.45. The van der Waals surface area contributed by atoms with Gasteiger partial charge in [0.05, 0.1) is 16.5 Å². The third-order valence-electron chi connectivity index (χ3n) is 3.18. The van der Waals surface area contributed by atoms with Gasteiger partial charge in [-0.25, -0.2) is 4.79 Å². The molecule has 2 atom stereocenters. The van der Waals surface area contributed by atoms with Crippen molar-refractivity contribution in [3.63, 3.8) is 0 Å². The van der Waals surface area contributed by atoms with Crippen LogP contribution in [0, 0.1) is 5.92 Å². The van der Waals surface area contributed by atoms with E-state index < -0.39 is 12.0 Å². The topological polar surface area (TPSA) is 66.4 Å². The zero-order valence-corrected chi connectivity index (χ0v) is 12.8. The van der Waals surface area contributed by atoms with Crippen LogP contribution in [-0.2, 0) is 16.0 Å². The van der Waals surface area contributed by atoms with Gasteiger partial charge in [-0.05, 0) is 17.5 Å². The first-order valence-corrected chi connectivity index (χ1v) is 7.07. The molecule has 0 aliphatic heterocycles. The summed E-state index contributed by atoms with van der Waals surface area (Å²) < 4.78 is 0. The molecule has 0 saturated heterocycles. The molecular formula is C14H17Cl2NO3. The number of carboxylic acid groups (broad SMARTS) is 1. The average Bonchev–Trinajstić information content (AvgIpc) is 2.40. The highest BCUT2D eigenvalue weighted by atomic mass is 35.5. The molecule has 0 radical (unpaired) electrons. The molecule has 0 aromatic heterocycles. The Bertz CT molecular complexity index is 505. The van der Waals surface area contributed by atoms with Crippen LogP contribution in [-0.4, -0.2) is 23.0 Å². The molecule has 110 valence electrons. The molecule has 0 bridgehead atoms. The quantitative estimate of drug-likeness (QED) is 0.847. The van der Waals surface area contributed by atoms with Gasteiger partial charge in [0.2, 0.25) is 5.91 Å². The molecule has 6 heteroatoms. The van der Waals surface area contributed by atoms with Crippen molar-refractivity contribution >= 4 is 35.1 Å². The minimum Gasteiger partial charge on any atom is -0.480 e.